The molecule has 1 aliphatic carbocycles. The van der Waals surface area contributed by atoms with Gasteiger partial charge in [-0.2, -0.15) is 4.98 Å². The van der Waals surface area contributed by atoms with Gasteiger partial charge in [0.05, 0.1) is 24.9 Å². The lowest BCUT2D eigenvalue weighted by Gasteiger charge is -2.24. The van der Waals surface area contributed by atoms with Gasteiger partial charge in [0.1, 0.15) is 5.75 Å². The average molecular weight is 287 g/mol. The fourth-order valence-electron chi connectivity index (χ4n) is 2.56. The number of nitrogens with one attached hydrogen (secondary N) is 1. The van der Waals surface area contributed by atoms with Gasteiger partial charge in [0, 0.05) is 17.9 Å². The second kappa shape index (κ2) is 5.04. The number of rotatable bonds is 4. The van der Waals surface area contributed by atoms with Crippen LogP contribution in [0.5, 0.6) is 5.75 Å². The van der Waals surface area contributed by atoms with Crippen LogP contribution in [0.2, 0.25) is 0 Å². The van der Waals surface area contributed by atoms with Crippen LogP contribution in [-0.4, -0.2) is 21.9 Å². The zero-order valence-electron chi connectivity index (χ0n) is 11.6. The summed E-state index contributed by atoms with van der Waals surface area (Å²) in [5.74, 6) is 2.60. The Labute approximate surface area is 122 Å². The molecule has 1 atom stereocenters. The van der Waals surface area contributed by atoms with E-state index in [0.29, 0.717) is 31.4 Å². The van der Waals surface area contributed by atoms with E-state index < -0.39 is 6.10 Å². The third kappa shape index (κ3) is 2.47. The highest BCUT2D eigenvalue weighted by molar-refractivity contribution is 5.61. The van der Waals surface area contributed by atoms with Crippen LogP contribution in [0.1, 0.15) is 48.6 Å². The third-order valence-corrected chi connectivity index (χ3v) is 3.90. The molecule has 0 radical (unpaired) electrons. The number of benzene rings is 1. The Balaban J connectivity index is 1.50. The van der Waals surface area contributed by atoms with Crippen LogP contribution in [0.4, 0.5) is 5.69 Å². The first kappa shape index (κ1) is 12.6. The highest BCUT2D eigenvalue weighted by Gasteiger charge is 2.28. The Hall–Kier alpha value is -2.08. The first-order valence-electron chi connectivity index (χ1n) is 7.31. The molecule has 0 unspecified atom stereocenters. The highest BCUT2D eigenvalue weighted by Crippen LogP contribution is 2.39. The zero-order valence-corrected chi connectivity index (χ0v) is 11.6. The van der Waals surface area contributed by atoms with Gasteiger partial charge in [-0.15, -0.1) is 0 Å². The van der Waals surface area contributed by atoms with Crippen molar-refractivity contribution in [2.24, 2.45) is 0 Å². The van der Waals surface area contributed by atoms with E-state index in [1.54, 1.807) is 0 Å². The van der Waals surface area contributed by atoms with E-state index in [0.717, 1.165) is 35.7 Å². The van der Waals surface area contributed by atoms with Crippen LogP contribution in [-0.2, 0) is 6.54 Å². The maximum absolute atomic E-state index is 9.99. The number of hydrogen-bond donors (Lipinski definition) is 2. The van der Waals surface area contributed by atoms with Crippen molar-refractivity contribution in [3.8, 4) is 5.75 Å². The van der Waals surface area contributed by atoms with Gasteiger partial charge in [-0.3, -0.25) is 0 Å². The van der Waals surface area contributed by atoms with Crippen LogP contribution in [0.25, 0.3) is 0 Å². The Morgan fingerprint density at radius 2 is 2.19 bits per heavy atom. The predicted molar refractivity (Wildman–Crippen MR) is 75.1 cm³/mol. The Morgan fingerprint density at radius 1 is 1.29 bits per heavy atom. The Bertz CT molecular complexity index is 651. The minimum absolute atomic E-state index is 0.454. The topological polar surface area (TPSA) is 80.4 Å². The van der Waals surface area contributed by atoms with Crippen molar-refractivity contribution in [1.82, 2.24) is 10.1 Å². The summed E-state index contributed by atoms with van der Waals surface area (Å²) in [6, 6.07) is 5.72. The number of nitrogens with zero attached hydrogens (tertiary/aromatic N) is 2. The minimum Gasteiger partial charge on any atom is -0.491 e. The Morgan fingerprint density at radius 3 is 3.05 bits per heavy atom. The lowest BCUT2D eigenvalue weighted by molar-refractivity contribution is 0.116. The standard InChI is InChI=1S/C15H17N3O3/c19-12-6-7-20-14-10(12)2-1-3-11(14)16-8-13-17-15(18-21-13)9-4-5-9/h1-3,9,12,16,19H,4-8H2/t12-/m0/s1. The SMILES string of the molecule is O[C@H]1CCOc2c(NCc3nc(C4CC4)no3)cccc21. The van der Waals surface area contributed by atoms with Crippen LogP contribution < -0.4 is 10.1 Å². The van der Waals surface area contributed by atoms with Gasteiger partial charge in [-0.25, -0.2) is 0 Å². The van der Waals surface area contributed by atoms with E-state index in [9.17, 15) is 5.11 Å². The molecular weight excluding hydrogens is 270 g/mol. The molecule has 1 aromatic heterocycles. The van der Waals surface area contributed by atoms with Gasteiger partial charge in [0.2, 0.25) is 5.89 Å². The van der Waals surface area contributed by atoms with E-state index in [1.165, 1.54) is 0 Å². The van der Waals surface area contributed by atoms with E-state index in [-0.39, 0.29) is 0 Å². The van der Waals surface area contributed by atoms with Crippen LogP contribution in [0.3, 0.4) is 0 Å². The highest BCUT2D eigenvalue weighted by atomic mass is 16.5. The lowest BCUT2D eigenvalue weighted by Crippen LogP contribution is -2.15. The van der Waals surface area contributed by atoms with Crippen LogP contribution in [0.15, 0.2) is 22.7 Å². The van der Waals surface area contributed by atoms with Crippen molar-refractivity contribution in [2.45, 2.75) is 37.8 Å². The molecule has 1 aromatic carbocycles. The third-order valence-electron chi connectivity index (χ3n) is 3.90. The van der Waals surface area contributed by atoms with Gasteiger partial charge in [-0.05, 0) is 18.9 Å². The molecule has 21 heavy (non-hydrogen) atoms. The number of anilines is 1. The molecule has 1 aliphatic heterocycles. The van der Waals surface area contributed by atoms with Crippen LogP contribution in [0, 0.1) is 0 Å². The second-order valence-electron chi connectivity index (χ2n) is 5.55. The zero-order chi connectivity index (χ0) is 14.2. The number of aliphatic hydroxyl groups is 1. The molecular formula is C15H17N3O3. The molecule has 2 N–H and O–H groups in total. The van der Waals surface area contributed by atoms with E-state index >= 15 is 0 Å². The lowest BCUT2D eigenvalue weighted by atomic mass is 10.0. The number of para-hydroxylation sites is 1. The fraction of sp³-hybridized carbons (Fsp3) is 0.467. The summed E-state index contributed by atoms with van der Waals surface area (Å²) >= 11 is 0. The number of aromatic nitrogens is 2. The number of aliphatic hydroxyl groups excluding tert-OH is 1. The van der Waals surface area contributed by atoms with Crippen molar-refractivity contribution < 1.29 is 14.4 Å². The summed E-state index contributed by atoms with van der Waals surface area (Å²) in [6.07, 6.45) is 2.49. The van der Waals surface area contributed by atoms with Gasteiger partial charge in [0.25, 0.3) is 0 Å². The number of fused-ring (bicyclic) bond motifs is 1. The normalized spacial score (nSPS) is 20.7. The molecule has 2 aliphatic rings. The monoisotopic (exact) mass is 287 g/mol. The summed E-state index contributed by atoms with van der Waals surface area (Å²) in [6.45, 7) is 0.981. The summed E-state index contributed by atoms with van der Waals surface area (Å²) in [5, 5.41) is 17.2. The predicted octanol–water partition coefficient (Wildman–Crippen LogP) is 2.38. The van der Waals surface area contributed by atoms with Crippen molar-refractivity contribution in [1.29, 1.82) is 0 Å². The molecule has 2 heterocycles. The maximum atomic E-state index is 9.99. The first-order chi connectivity index (χ1) is 10.3. The Kier molecular flexibility index (Phi) is 3.03. The largest absolute Gasteiger partial charge is 0.491 e. The molecule has 110 valence electrons. The van der Waals surface area contributed by atoms with Gasteiger partial charge in [0.15, 0.2) is 5.82 Å². The summed E-state index contributed by atoms with van der Waals surface area (Å²) in [4.78, 5) is 4.38. The molecule has 1 fully saturated rings. The van der Waals surface area contributed by atoms with Crippen LogP contribution >= 0.6 is 0 Å². The molecule has 0 amide bonds. The molecule has 2 aromatic rings. The van der Waals surface area contributed by atoms with Crippen molar-refractivity contribution in [2.75, 3.05) is 11.9 Å². The second-order valence-corrected chi connectivity index (χ2v) is 5.55. The number of hydrogen-bond acceptors (Lipinski definition) is 6. The van der Waals surface area contributed by atoms with E-state index in [1.807, 2.05) is 18.2 Å². The summed E-state index contributed by atoms with van der Waals surface area (Å²) in [7, 11) is 0. The molecule has 0 bridgehead atoms. The molecule has 6 heteroatoms. The first-order valence-corrected chi connectivity index (χ1v) is 7.31. The molecule has 4 rings (SSSR count). The maximum Gasteiger partial charge on any atom is 0.245 e. The van der Waals surface area contributed by atoms with Gasteiger partial charge in [-0.1, -0.05) is 17.3 Å². The van der Waals surface area contributed by atoms with E-state index in [4.69, 9.17) is 9.26 Å². The number of ether oxygens (including phenoxy) is 1. The van der Waals surface area contributed by atoms with Crippen molar-refractivity contribution in [3.63, 3.8) is 0 Å². The molecule has 6 nitrogen and oxygen atoms in total. The fourth-order valence-corrected chi connectivity index (χ4v) is 2.56. The van der Waals surface area contributed by atoms with E-state index in [2.05, 4.69) is 15.5 Å². The average Bonchev–Trinajstić information content (AvgIpc) is 3.25. The van der Waals surface area contributed by atoms with Gasteiger partial charge >= 0.3 is 0 Å². The molecule has 0 saturated heterocycles. The minimum atomic E-state index is -0.458. The van der Waals surface area contributed by atoms with Crippen molar-refractivity contribution in [3.05, 3.63) is 35.5 Å². The molecule has 0 spiro atoms. The summed E-state index contributed by atoms with van der Waals surface area (Å²) in [5.41, 5.74) is 1.67. The molecule has 1 saturated carbocycles. The van der Waals surface area contributed by atoms with Crippen molar-refractivity contribution >= 4 is 5.69 Å². The quantitative estimate of drug-likeness (QED) is 0.898. The van der Waals surface area contributed by atoms with Gasteiger partial charge < -0.3 is 19.7 Å². The smallest absolute Gasteiger partial charge is 0.245 e. The summed E-state index contributed by atoms with van der Waals surface area (Å²) < 4.78 is 10.9.